The number of amides is 4. The van der Waals surface area contributed by atoms with E-state index >= 15 is 0 Å². The van der Waals surface area contributed by atoms with Crippen molar-refractivity contribution in [2.45, 2.75) is 44.8 Å². The van der Waals surface area contributed by atoms with Gasteiger partial charge >= 0.3 is 0 Å². The van der Waals surface area contributed by atoms with Crippen LogP contribution in [0.15, 0.2) is 54.7 Å². The molecule has 8 rings (SSSR count). The number of hydrogen-bond acceptors (Lipinski definition) is 12. The highest BCUT2D eigenvalue weighted by molar-refractivity contribution is 6.23. The standard InChI is InChI=1S/C37H40N10O6/c1-22-20-44(32-17-24(9-10-38-32)34-29-19-26(47(52)53)4-6-30(29)40-41-34)21-23(2)45(22)16-13-42-11-14-43(15-12-42)25-3-5-27-28(18-25)37(51)46(36(27)50)31-7-8-33(48)39-35(31)49/h3-6,9-10,17-19,22-23,31H,7-8,11-16,20-21H2,1-2H3,(H,40,41)(H,39,48,49). The van der Waals surface area contributed by atoms with E-state index in [4.69, 9.17) is 0 Å². The number of fused-ring (bicyclic) bond motifs is 2. The quantitative estimate of drug-likeness (QED) is 0.155. The Balaban J connectivity index is 0.857. The van der Waals surface area contributed by atoms with Crippen LogP contribution in [0.2, 0.25) is 0 Å². The van der Waals surface area contributed by atoms with E-state index < -0.39 is 34.6 Å². The summed E-state index contributed by atoms with van der Waals surface area (Å²) in [6.07, 6.45) is 1.98. The summed E-state index contributed by atoms with van der Waals surface area (Å²) in [6.45, 7) is 11.2. The van der Waals surface area contributed by atoms with Gasteiger partial charge in [0.25, 0.3) is 17.5 Å². The molecule has 0 saturated carbocycles. The van der Waals surface area contributed by atoms with Gasteiger partial charge in [0.05, 0.1) is 21.6 Å². The predicted octanol–water partition coefficient (Wildman–Crippen LogP) is 2.66. The van der Waals surface area contributed by atoms with Crippen LogP contribution in [0.5, 0.6) is 0 Å². The maximum absolute atomic E-state index is 13.3. The summed E-state index contributed by atoms with van der Waals surface area (Å²) < 4.78 is 0. The van der Waals surface area contributed by atoms with Crippen molar-refractivity contribution in [1.29, 1.82) is 0 Å². The number of hydrogen-bond donors (Lipinski definition) is 2. The number of aromatic amines is 1. The number of aromatic nitrogens is 3. The summed E-state index contributed by atoms with van der Waals surface area (Å²) in [7, 11) is 0. The Morgan fingerprint density at radius 2 is 1.62 bits per heavy atom. The molecular formula is C37H40N10O6. The minimum Gasteiger partial charge on any atom is -0.369 e. The smallest absolute Gasteiger partial charge is 0.270 e. The molecule has 16 heteroatoms. The molecular weight excluding hydrogens is 680 g/mol. The summed E-state index contributed by atoms with van der Waals surface area (Å²) in [5.41, 5.74) is 3.71. The lowest BCUT2D eigenvalue weighted by atomic mass is 10.0. The molecule has 3 atom stereocenters. The maximum atomic E-state index is 13.3. The number of imide groups is 2. The van der Waals surface area contributed by atoms with Gasteiger partial charge < -0.3 is 9.80 Å². The number of benzene rings is 2. The summed E-state index contributed by atoms with van der Waals surface area (Å²) in [4.78, 5) is 76.7. The van der Waals surface area contributed by atoms with E-state index in [1.165, 1.54) is 6.07 Å². The molecule has 0 aliphatic carbocycles. The minimum absolute atomic E-state index is 0.0205. The SMILES string of the molecule is CC1CN(c2cc(-c3n[nH]c4ccc([N+](=O)[O-])cc34)ccn2)CC(C)N1CCN1CCN(c2ccc3c(c2)C(=O)N(C2CCC(=O)NC2=O)C3=O)CC1. The molecule has 2 aromatic heterocycles. The van der Waals surface area contributed by atoms with Gasteiger partial charge in [-0.25, -0.2) is 4.98 Å². The molecule has 2 N–H and O–H groups in total. The molecule has 3 fully saturated rings. The van der Waals surface area contributed by atoms with Crippen molar-refractivity contribution >= 4 is 51.7 Å². The number of rotatable bonds is 8. The zero-order valence-electron chi connectivity index (χ0n) is 29.5. The largest absolute Gasteiger partial charge is 0.369 e. The van der Waals surface area contributed by atoms with Gasteiger partial charge in [0.1, 0.15) is 17.6 Å². The number of carbonyl (C=O) groups excluding carboxylic acids is 4. The number of nitrogens with one attached hydrogen (secondary N) is 2. The number of nitrogens with zero attached hydrogens (tertiary/aromatic N) is 8. The van der Waals surface area contributed by atoms with Gasteiger partial charge in [-0.3, -0.25) is 54.4 Å². The van der Waals surface area contributed by atoms with Crippen molar-refractivity contribution in [1.82, 2.24) is 35.2 Å². The third-order valence-corrected chi connectivity index (χ3v) is 11.0. The lowest BCUT2D eigenvalue weighted by Gasteiger charge is -2.46. The van der Waals surface area contributed by atoms with Crippen LogP contribution in [0, 0.1) is 10.1 Å². The minimum atomic E-state index is -0.980. The third kappa shape index (κ3) is 6.37. The number of pyridine rings is 1. The number of anilines is 2. The van der Waals surface area contributed by atoms with Crippen LogP contribution >= 0.6 is 0 Å². The second-order valence-corrected chi connectivity index (χ2v) is 14.3. The van der Waals surface area contributed by atoms with Crippen LogP contribution in [-0.4, -0.2) is 129 Å². The molecule has 0 spiro atoms. The van der Waals surface area contributed by atoms with E-state index in [0.717, 1.165) is 79.8 Å². The Labute approximate surface area is 304 Å². The highest BCUT2D eigenvalue weighted by Gasteiger charge is 2.45. The first-order valence-electron chi connectivity index (χ1n) is 18.0. The molecule has 6 heterocycles. The van der Waals surface area contributed by atoms with Crippen LogP contribution in [0.4, 0.5) is 17.2 Å². The first-order chi connectivity index (χ1) is 25.5. The lowest BCUT2D eigenvalue weighted by molar-refractivity contribution is -0.384. The lowest BCUT2D eigenvalue weighted by Crippen LogP contribution is -2.59. The molecule has 53 heavy (non-hydrogen) atoms. The average molecular weight is 721 g/mol. The molecule has 4 aliphatic heterocycles. The summed E-state index contributed by atoms with van der Waals surface area (Å²) >= 11 is 0. The number of H-pyrrole nitrogens is 1. The van der Waals surface area contributed by atoms with Crippen LogP contribution in [-0.2, 0) is 9.59 Å². The monoisotopic (exact) mass is 720 g/mol. The molecule has 3 saturated heterocycles. The highest BCUT2D eigenvalue weighted by atomic mass is 16.6. The molecule has 274 valence electrons. The van der Waals surface area contributed by atoms with E-state index in [1.54, 1.807) is 30.5 Å². The first-order valence-corrected chi connectivity index (χ1v) is 18.0. The van der Waals surface area contributed by atoms with Crippen LogP contribution in [0.25, 0.3) is 22.2 Å². The molecule has 16 nitrogen and oxygen atoms in total. The number of carbonyl (C=O) groups is 4. The Morgan fingerprint density at radius 1 is 0.868 bits per heavy atom. The highest BCUT2D eigenvalue weighted by Crippen LogP contribution is 2.33. The maximum Gasteiger partial charge on any atom is 0.270 e. The fourth-order valence-electron chi connectivity index (χ4n) is 8.20. The van der Waals surface area contributed by atoms with E-state index in [9.17, 15) is 29.3 Å². The topological polar surface area (TPSA) is 181 Å². The van der Waals surface area contributed by atoms with Gasteiger partial charge in [-0.05, 0) is 56.7 Å². The van der Waals surface area contributed by atoms with Crippen molar-refractivity contribution < 1.29 is 24.1 Å². The number of non-ortho nitro benzene ring substituents is 1. The van der Waals surface area contributed by atoms with Crippen LogP contribution in [0.3, 0.4) is 0 Å². The van der Waals surface area contributed by atoms with Gasteiger partial charge in [-0.15, -0.1) is 0 Å². The van der Waals surface area contributed by atoms with Crippen LogP contribution in [0.1, 0.15) is 47.4 Å². The van der Waals surface area contributed by atoms with Crippen molar-refractivity contribution in [2.24, 2.45) is 0 Å². The van der Waals surface area contributed by atoms with Gasteiger partial charge in [0, 0.05) is 106 Å². The zero-order chi connectivity index (χ0) is 37.0. The third-order valence-electron chi connectivity index (χ3n) is 11.0. The number of piperidine rings is 1. The van der Waals surface area contributed by atoms with Crippen molar-refractivity contribution in [3.05, 3.63) is 76.0 Å². The van der Waals surface area contributed by atoms with Crippen molar-refractivity contribution in [2.75, 3.05) is 62.2 Å². The number of nitro groups is 1. The summed E-state index contributed by atoms with van der Waals surface area (Å²) in [5, 5.41) is 21.8. The Hall–Kier alpha value is -5.74. The molecule has 0 radical (unpaired) electrons. The first kappa shape index (κ1) is 34.4. The number of nitro benzene ring substituents is 1. The second kappa shape index (κ2) is 13.7. The molecule has 0 bridgehead atoms. The van der Waals surface area contributed by atoms with Crippen LogP contribution < -0.4 is 15.1 Å². The summed E-state index contributed by atoms with van der Waals surface area (Å²) in [6, 6.07) is 13.5. The van der Waals surface area contributed by atoms with Gasteiger partial charge in [-0.2, -0.15) is 5.10 Å². The molecule has 4 amide bonds. The molecule has 4 aromatic rings. The summed E-state index contributed by atoms with van der Waals surface area (Å²) in [5.74, 6) is -1.15. The molecule has 4 aliphatic rings. The normalized spacial score (nSPS) is 22.8. The van der Waals surface area contributed by atoms with Crippen molar-refractivity contribution in [3.8, 4) is 11.3 Å². The Morgan fingerprint density at radius 3 is 2.36 bits per heavy atom. The molecule has 3 unspecified atom stereocenters. The fraction of sp³-hybridized carbons (Fsp3) is 0.405. The predicted molar refractivity (Wildman–Crippen MR) is 196 cm³/mol. The van der Waals surface area contributed by atoms with E-state index in [0.29, 0.717) is 16.6 Å². The van der Waals surface area contributed by atoms with Gasteiger partial charge in [0.15, 0.2) is 0 Å². The molecule has 2 aromatic carbocycles. The van der Waals surface area contributed by atoms with Gasteiger partial charge in [0.2, 0.25) is 11.8 Å². The second-order valence-electron chi connectivity index (χ2n) is 14.3. The van der Waals surface area contributed by atoms with E-state index in [2.05, 4.69) is 53.9 Å². The fourth-order valence-corrected chi connectivity index (χ4v) is 8.20. The van der Waals surface area contributed by atoms with E-state index in [1.807, 2.05) is 18.2 Å². The zero-order valence-corrected chi connectivity index (χ0v) is 29.5. The van der Waals surface area contributed by atoms with E-state index in [-0.39, 0.29) is 36.2 Å². The van der Waals surface area contributed by atoms with Gasteiger partial charge in [-0.1, -0.05) is 0 Å². The average Bonchev–Trinajstić information content (AvgIpc) is 3.69. The number of piperazine rings is 2. The Bertz CT molecular complexity index is 2130. The Kier molecular flexibility index (Phi) is 8.86. The van der Waals surface area contributed by atoms with Crippen molar-refractivity contribution in [3.63, 3.8) is 0 Å².